The molecule has 0 bridgehead atoms. The van der Waals surface area contributed by atoms with Crippen molar-refractivity contribution < 1.29 is 4.74 Å². The Hall–Kier alpha value is -2.08. The average Bonchev–Trinajstić information content (AvgIpc) is 2.96. The maximum atomic E-state index is 5.18. The second-order valence-electron chi connectivity index (χ2n) is 5.23. The van der Waals surface area contributed by atoms with Crippen molar-refractivity contribution in [2.75, 3.05) is 20.7 Å². The van der Waals surface area contributed by atoms with Gasteiger partial charge < -0.3 is 15.0 Å². The molecule has 0 spiro atoms. The van der Waals surface area contributed by atoms with E-state index in [4.69, 9.17) is 9.73 Å². The third-order valence-corrected chi connectivity index (χ3v) is 4.15. The first kappa shape index (κ1) is 17.3. The topological polar surface area (TPSA) is 49.8 Å². The Morgan fingerprint density at radius 1 is 1.35 bits per heavy atom. The molecule has 1 aromatic heterocycles. The molecule has 0 amide bonds. The van der Waals surface area contributed by atoms with Crippen LogP contribution in [0, 0.1) is 6.92 Å². The van der Waals surface area contributed by atoms with Crippen LogP contribution in [0.3, 0.4) is 0 Å². The van der Waals surface area contributed by atoms with E-state index in [1.54, 1.807) is 18.4 Å². The monoisotopic (exact) mass is 332 g/mol. The molecule has 0 aliphatic heterocycles. The lowest BCUT2D eigenvalue weighted by Gasteiger charge is -2.21. The van der Waals surface area contributed by atoms with E-state index < -0.39 is 0 Å². The Labute approximate surface area is 142 Å². The molecule has 0 radical (unpaired) electrons. The molecule has 0 aliphatic carbocycles. The minimum atomic E-state index is 0.632. The Bertz CT molecular complexity index is 636. The summed E-state index contributed by atoms with van der Waals surface area (Å²) in [5.41, 5.74) is 2.23. The zero-order valence-electron chi connectivity index (χ0n) is 14.2. The van der Waals surface area contributed by atoms with Gasteiger partial charge >= 0.3 is 0 Å². The van der Waals surface area contributed by atoms with Gasteiger partial charge in [0.1, 0.15) is 5.75 Å². The number of nitrogens with one attached hydrogen (secondary N) is 1. The van der Waals surface area contributed by atoms with Crippen LogP contribution in [-0.4, -0.2) is 36.5 Å². The van der Waals surface area contributed by atoms with Crippen LogP contribution in [-0.2, 0) is 13.1 Å². The molecule has 0 unspecified atom stereocenters. The predicted octanol–water partition coefficient (Wildman–Crippen LogP) is 3.06. The van der Waals surface area contributed by atoms with Gasteiger partial charge in [0, 0.05) is 19.0 Å². The largest absolute Gasteiger partial charge is 0.497 e. The van der Waals surface area contributed by atoms with Gasteiger partial charge in [0.25, 0.3) is 0 Å². The minimum Gasteiger partial charge on any atom is -0.497 e. The second-order valence-corrected chi connectivity index (χ2v) is 6.29. The number of aryl methyl sites for hydroxylation is 1. The van der Waals surface area contributed by atoms with Gasteiger partial charge in [-0.25, -0.2) is 9.98 Å². The summed E-state index contributed by atoms with van der Waals surface area (Å²) >= 11 is 1.68. The Kier molecular flexibility index (Phi) is 6.40. The zero-order chi connectivity index (χ0) is 16.7. The van der Waals surface area contributed by atoms with E-state index in [0.29, 0.717) is 6.54 Å². The molecule has 0 atom stereocenters. The van der Waals surface area contributed by atoms with Gasteiger partial charge in [-0.3, -0.25) is 0 Å². The number of guanidine groups is 1. The summed E-state index contributed by atoms with van der Waals surface area (Å²) in [7, 11) is 3.70. The van der Waals surface area contributed by atoms with E-state index >= 15 is 0 Å². The van der Waals surface area contributed by atoms with E-state index in [-0.39, 0.29) is 0 Å². The van der Waals surface area contributed by atoms with Crippen molar-refractivity contribution in [1.82, 2.24) is 15.2 Å². The number of rotatable bonds is 6. The summed E-state index contributed by atoms with van der Waals surface area (Å²) in [6, 6.07) is 7.99. The van der Waals surface area contributed by atoms with E-state index in [1.807, 2.05) is 38.2 Å². The molecular weight excluding hydrogens is 308 g/mol. The number of thiazole rings is 1. The number of hydrogen-bond donors (Lipinski definition) is 1. The number of hydrogen-bond acceptors (Lipinski definition) is 4. The average molecular weight is 332 g/mol. The summed E-state index contributed by atoms with van der Waals surface area (Å²) < 4.78 is 5.18. The van der Waals surface area contributed by atoms with Crippen molar-refractivity contribution in [2.24, 2.45) is 4.99 Å². The summed E-state index contributed by atoms with van der Waals surface area (Å²) in [6.45, 7) is 6.31. The van der Waals surface area contributed by atoms with E-state index in [1.165, 1.54) is 0 Å². The van der Waals surface area contributed by atoms with Crippen molar-refractivity contribution in [3.63, 3.8) is 0 Å². The predicted molar refractivity (Wildman–Crippen MR) is 96.1 cm³/mol. The highest BCUT2D eigenvalue weighted by Crippen LogP contribution is 2.13. The van der Waals surface area contributed by atoms with E-state index in [2.05, 4.69) is 27.5 Å². The van der Waals surface area contributed by atoms with Gasteiger partial charge in [0.05, 0.1) is 30.9 Å². The van der Waals surface area contributed by atoms with Crippen molar-refractivity contribution in [3.05, 3.63) is 45.9 Å². The van der Waals surface area contributed by atoms with Crippen LogP contribution < -0.4 is 10.1 Å². The molecule has 0 aliphatic rings. The smallest absolute Gasteiger partial charge is 0.194 e. The van der Waals surface area contributed by atoms with Gasteiger partial charge in [0.15, 0.2) is 5.96 Å². The van der Waals surface area contributed by atoms with Crippen LogP contribution in [0.1, 0.15) is 23.2 Å². The fourth-order valence-electron chi connectivity index (χ4n) is 2.17. The molecule has 124 valence electrons. The summed E-state index contributed by atoms with van der Waals surface area (Å²) in [4.78, 5) is 11.3. The Morgan fingerprint density at radius 3 is 2.65 bits per heavy atom. The molecule has 5 nitrogen and oxygen atoms in total. The highest BCUT2D eigenvalue weighted by Gasteiger charge is 2.08. The van der Waals surface area contributed by atoms with Gasteiger partial charge in [0.2, 0.25) is 0 Å². The van der Waals surface area contributed by atoms with Crippen LogP contribution in [0.15, 0.2) is 34.6 Å². The maximum absolute atomic E-state index is 5.18. The van der Waals surface area contributed by atoms with Crippen molar-refractivity contribution in [2.45, 2.75) is 26.9 Å². The number of benzene rings is 1. The van der Waals surface area contributed by atoms with Crippen LogP contribution in [0.2, 0.25) is 0 Å². The van der Waals surface area contributed by atoms with E-state index in [0.717, 1.165) is 41.1 Å². The summed E-state index contributed by atoms with van der Waals surface area (Å²) in [5.74, 6) is 1.75. The molecule has 0 saturated carbocycles. The van der Waals surface area contributed by atoms with Crippen LogP contribution in [0.4, 0.5) is 0 Å². The summed E-state index contributed by atoms with van der Waals surface area (Å²) in [6.07, 6.45) is 0. The number of aliphatic imine (C=N–C) groups is 1. The van der Waals surface area contributed by atoms with Crippen molar-refractivity contribution in [3.8, 4) is 5.75 Å². The number of methoxy groups -OCH3 is 1. The van der Waals surface area contributed by atoms with Gasteiger partial charge in [-0.15, -0.1) is 11.3 Å². The van der Waals surface area contributed by atoms with Crippen molar-refractivity contribution in [1.29, 1.82) is 0 Å². The first-order valence-corrected chi connectivity index (χ1v) is 8.53. The third-order valence-electron chi connectivity index (χ3n) is 3.33. The number of ether oxygens (including phenoxy) is 1. The van der Waals surface area contributed by atoms with Gasteiger partial charge in [-0.05, 0) is 31.5 Å². The molecular formula is C17H24N4OS. The zero-order valence-corrected chi connectivity index (χ0v) is 15.0. The van der Waals surface area contributed by atoms with Gasteiger partial charge in [-0.1, -0.05) is 12.1 Å². The molecule has 0 fully saturated rings. The maximum Gasteiger partial charge on any atom is 0.194 e. The first-order chi connectivity index (χ1) is 11.1. The highest BCUT2D eigenvalue weighted by atomic mass is 32.1. The first-order valence-electron chi connectivity index (χ1n) is 7.65. The lowest BCUT2D eigenvalue weighted by molar-refractivity contribution is 0.414. The third kappa shape index (κ3) is 5.25. The lowest BCUT2D eigenvalue weighted by atomic mass is 10.2. The number of nitrogens with zero attached hydrogens (tertiary/aromatic N) is 3. The Balaban J connectivity index is 2.02. The van der Waals surface area contributed by atoms with Crippen LogP contribution >= 0.6 is 11.3 Å². The highest BCUT2D eigenvalue weighted by molar-refractivity contribution is 7.09. The summed E-state index contributed by atoms with van der Waals surface area (Å²) in [5, 5.41) is 6.52. The normalized spacial score (nSPS) is 11.4. The quantitative estimate of drug-likeness (QED) is 0.652. The molecule has 2 aromatic rings. The number of aromatic nitrogens is 1. The molecule has 1 N–H and O–H groups in total. The molecule has 1 aromatic carbocycles. The van der Waals surface area contributed by atoms with E-state index in [9.17, 15) is 0 Å². The van der Waals surface area contributed by atoms with Crippen LogP contribution in [0.25, 0.3) is 0 Å². The molecule has 23 heavy (non-hydrogen) atoms. The minimum absolute atomic E-state index is 0.632. The second kappa shape index (κ2) is 8.53. The molecule has 2 rings (SSSR count). The molecule has 6 heteroatoms. The molecule has 1 heterocycles. The fraction of sp³-hybridized carbons (Fsp3) is 0.412. The lowest BCUT2D eigenvalue weighted by Crippen LogP contribution is -2.38. The van der Waals surface area contributed by atoms with Crippen LogP contribution in [0.5, 0.6) is 5.75 Å². The molecule has 0 saturated heterocycles. The standard InChI is InChI=1S/C17H24N4OS/c1-5-18-17(21(3)11-15-12-23-13(2)20-15)19-10-14-6-8-16(22-4)9-7-14/h6-9,12H,5,10-11H2,1-4H3,(H,18,19). The Morgan fingerprint density at radius 2 is 2.09 bits per heavy atom. The van der Waals surface area contributed by atoms with Gasteiger partial charge in [-0.2, -0.15) is 0 Å². The SMILES string of the molecule is CCNC(=NCc1ccc(OC)cc1)N(C)Cc1csc(C)n1. The van der Waals surface area contributed by atoms with Crippen molar-refractivity contribution >= 4 is 17.3 Å². The fourth-order valence-corrected chi connectivity index (χ4v) is 2.77.